The van der Waals surface area contributed by atoms with Gasteiger partial charge < -0.3 is 19.4 Å². The van der Waals surface area contributed by atoms with E-state index in [0.717, 1.165) is 32.5 Å². The fourth-order valence-electron chi connectivity index (χ4n) is 3.76. The van der Waals surface area contributed by atoms with Crippen molar-refractivity contribution >= 4 is 11.8 Å². The lowest BCUT2D eigenvalue weighted by Gasteiger charge is -2.33. The van der Waals surface area contributed by atoms with Crippen LogP contribution in [-0.2, 0) is 20.9 Å². The SMILES string of the molecule is CN(C)CCN1CC(C(=O)N2CCC(OCc3ccccc3)CC2)CC1=O. The van der Waals surface area contributed by atoms with Crippen molar-refractivity contribution in [2.24, 2.45) is 5.92 Å². The smallest absolute Gasteiger partial charge is 0.227 e. The van der Waals surface area contributed by atoms with E-state index >= 15 is 0 Å². The quantitative estimate of drug-likeness (QED) is 0.729. The fourth-order valence-corrected chi connectivity index (χ4v) is 3.76. The monoisotopic (exact) mass is 373 g/mol. The molecule has 1 aromatic carbocycles. The summed E-state index contributed by atoms with van der Waals surface area (Å²) in [5.74, 6) is 0.0648. The van der Waals surface area contributed by atoms with E-state index in [1.807, 2.05) is 42.1 Å². The maximum Gasteiger partial charge on any atom is 0.227 e. The van der Waals surface area contributed by atoms with Crippen molar-refractivity contribution in [3.05, 3.63) is 35.9 Å². The molecule has 2 amide bonds. The van der Waals surface area contributed by atoms with Crippen molar-refractivity contribution in [3.63, 3.8) is 0 Å². The predicted molar refractivity (Wildman–Crippen MR) is 104 cm³/mol. The summed E-state index contributed by atoms with van der Waals surface area (Å²) in [6.45, 7) is 4.16. The Kier molecular flexibility index (Phi) is 6.85. The molecule has 6 nitrogen and oxygen atoms in total. The molecule has 0 radical (unpaired) electrons. The Labute approximate surface area is 162 Å². The first-order valence-corrected chi connectivity index (χ1v) is 9.89. The van der Waals surface area contributed by atoms with Crippen molar-refractivity contribution in [1.82, 2.24) is 14.7 Å². The molecule has 2 aliphatic heterocycles. The van der Waals surface area contributed by atoms with Gasteiger partial charge in [-0.25, -0.2) is 0 Å². The van der Waals surface area contributed by atoms with Crippen LogP contribution in [0.1, 0.15) is 24.8 Å². The van der Waals surface area contributed by atoms with Crippen LogP contribution in [0.4, 0.5) is 0 Å². The highest BCUT2D eigenvalue weighted by molar-refractivity contribution is 5.89. The Morgan fingerprint density at radius 3 is 2.56 bits per heavy atom. The van der Waals surface area contributed by atoms with Crippen molar-refractivity contribution in [3.8, 4) is 0 Å². The molecule has 0 aromatic heterocycles. The molecule has 2 saturated heterocycles. The average Bonchev–Trinajstić information content (AvgIpc) is 3.06. The van der Waals surface area contributed by atoms with Gasteiger partial charge in [0.25, 0.3) is 0 Å². The Morgan fingerprint density at radius 1 is 1.19 bits per heavy atom. The summed E-state index contributed by atoms with van der Waals surface area (Å²) in [5, 5.41) is 0. The van der Waals surface area contributed by atoms with E-state index in [1.54, 1.807) is 0 Å². The second-order valence-electron chi connectivity index (χ2n) is 7.87. The second kappa shape index (κ2) is 9.33. The number of likely N-dealkylation sites (tertiary alicyclic amines) is 2. The number of amides is 2. The van der Waals surface area contributed by atoms with Gasteiger partial charge in [0, 0.05) is 39.1 Å². The van der Waals surface area contributed by atoms with Gasteiger partial charge in [-0.05, 0) is 32.5 Å². The fraction of sp³-hybridized carbons (Fsp3) is 0.619. The predicted octanol–water partition coefficient (Wildman–Crippen LogP) is 1.60. The molecule has 0 aliphatic carbocycles. The number of benzene rings is 1. The molecule has 148 valence electrons. The normalized spacial score (nSPS) is 21.3. The Morgan fingerprint density at radius 2 is 1.89 bits per heavy atom. The van der Waals surface area contributed by atoms with E-state index in [9.17, 15) is 9.59 Å². The van der Waals surface area contributed by atoms with Crippen LogP contribution in [0.25, 0.3) is 0 Å². The van der Waals surface area contributed by atoms with Gasteiger partial charge >= 0.3 is 0 Å². The molecule has 3 rings (SSSR count). The molecule has 1 atom stereocenters. The van der Waals surface area contributed by atoms with Gasteiger partial charge in [0.2, 0.25) is 11.8 Å². The first kappa shape index (κ1) is 19.8. The summed E-state index contributed by atoms with van der Waals surface area (Å²) in [4.78, 5) is 30.8. The molecule has 0 spiro atoms. The highest BCUT2D eigenvalue weighted by atomic mass is 16.5. The number of likely N-dealkylation sites (N-methyl/N-ethyl adjacent to an activating group) is 1. The van der Waals surface area contributed by atoms with Crippen molar-refractivity contribution in [2.45, 2.75) is 32.0 Å². The van der Waals surface area contributed by atoms with Gasteiger partial charge in [-0.1, -0.05) is 30.3 Å². The molecule has 0 saturated carbocycles. The van der Waals surface area contributed by atoms with Gasteiger partial charge in [0.15, 0.2) is 0 Å². The zero-order chi connectivity index (χ0) is 19.2. The molecule has 6 heteroatoms. The lowest BCUT2D eigenvalue weighted by Crippen LogP contribution is -2.44. The molecule has 2 fully saturated rings. The average molecular weight is 373 g/mol. The minimum Gasteiger partial charge on any atom is -0.373 e. The molecule has 0 bridgehead atoms. The molecule has 27 heavy (non-hydrogen) atoms. The van der Waals surface area contributed by atoms with Crippen LogP contribution in [0, 0.1) is 5.92 Å². The zero-order valence-electron chi connectivity index (χ0n) is 16.5. The number of hydrogen-bond donors (Lipinski definition) is 0. The summed E-state index contributed by atoms with van der Waals surface area (Å²) in [6.07, 6.45) is 2.29. The highest BCUT2D eigenvalue weighted by Crippen LogP contribution is 2.23. The van der Waals surface area contributed by atoms with Crippen LogP contribution in [0.15, 0.2) is 30.3 Å². The number of carbonyl (C=O) groups excluding carboxylic acids is 2. The van der Waals surface area contributed by atoms with E-state index in [2.05, 4.69) is 17.0 Å². The molecule has 2 heterocycles. The lowest BCUT2D eigenvalue weighted by atomic mass is 10.0. The standard InChI is InChI=1S/C21H31N3O3/c1-22(2)12-13-24-15-18(14-20(24)25)21(26)23-10-8-19(9-11-23)27-16-17-6-4-3-5-7-17/h3-7,18-19H,8-16H2,1-2H3. The van der Waals surface area contributed by atoms with E-state index in [0.29, 0.717) is 26.1 Å². The number of carbonyl (C=O) groups is 2. The van der Waals surface area contributed by atoms with Crippen molar-refractivity contribution in [1.29, 1.82) is 0 Å². The van der Waals surface area contributed by atoms with Gasteiger partial charge in [-0.15, -0.1) is 0 Å². The third-order valence-corrected chi connectivity index (χ3v) is 5.46. The topological polar surface area (TPSA) is 53.1 Å². The largest absolute Gasteiger partial charge is 0.373 e. The summed E-state index contributed by atoms with van der Waals surface area (Å²) in [6, 6.07) is 10.2. The number of hydrogen-bond acceptors (Lipinski definition) is 4. The Bertz CT molecular complexity index is 627. The van der Waals surface area contributed by atoms with Gasteiger partial charge in [-0.2, -0.15) is 0 Å². The summed E-state index contributed by atoms with van der Waals surface area (Å²) in [7, 11) is 3.99. The highest BCUT2D eigenvalue weighted by Gasteiger charge is 2.37. The lowest BCUT2D eigenvalue weighted by molar-refractivity contribution is -0.138. The maximum atomic E-state index is 12.8. The van der Waals surface area contributed by atoms with Crippen LogP contribution < -0.4 is 0 Å². The zero-order valence-corrected chi connectivity index (χ0v) is 16.5. The van der Waals surface area contributed by atoms with E-state index in [4.69, 9.17) is 4.74 Å². The molecular weight excluding hydrogens is 342 g/mol. The minimum absolute atomic E-state index is 0.108. The van der Waals surface area contributed by atoms with Gasteiger partial charge in [-0.3, -0.25) is 9.59 Å². The van der Waals surface area contributed by atoms with E-state index in [1.165, 1.54) is 5.56 Å². The minimum atomic E-state index is -0.179. The number of rotatable bonds is 7. The molecule has 1 aromatic rings. The summed E-state index contributed by atoms with van der Waals surface area (Å²) in [5.41, 5.74) is 1.18. The third kappa shape index (κ3) is 5.53. The maximum absolute atomic E-state index is 12.8. The second-order valence-corrected chi connectivity index (χ2v) is 7.87. The molecular formula is C21H31N3O3. The van der Waals surface area contributed by atoms with E-state index < -0.39 is 0 Å². The Balaban J connectivity index is 1.41. The summed E-state index contributed by atoms with van der Waals surface area (Å²) < 4.78 is 6.01. The first-order valence-electron chi connectivity index (χ1n) is 9.89. The van der Waals surface area contributed by atoms with Crippen molar-refractivity contribution in [2.75, 3.05) is 46.8 Å². The van der Waals surface area contributed by atoms with Crippen LogP contribution in [0.5, 0.6) is 0 Å². The first-order chi connectivity index (χ1) is 13.0. The third-order valence-electron chi connectivity index (χ3n) is 5.46. The summed E-state index contributed by atoms with van der Waals surface area (Å²) >= 11 is 0. The van der Waals surface area contributed by atoms with Crippen molar-refractivity contribution < 1.29 is 14.3 Å². The van der Waals surface area contributed by atoms with Crippen LogP contribution >= 0.6 is 0 Å². The van der Waals surface area contributed by atoms with Crippen LogP contribution in [-0.4, -0.2) is 79.4 Å². The molecule has 2 aliphatic rings. The Hall–Kier alpha value is -1.92. The van der Waals surface area contributed by atoms with Gasteiger partial charge in [0.05, 0.1) is 18.6 Å². The van der Waals surface area contributed by atoms with E-state index in [-0.39, 0.29) is 23.8 Å². The van der Waals surface area contributed by atoms with Crippen LogP contribution in [0.3, 0.4) is 0 Å². The number of ether oxygens (including phenoxy) is 1. The number of nitrogens with zero attached hydrogens (tertiary/aromatic N) is 3. The molecule has 0 N–H and O–H groups in total. The molecule has 1 unspecified atom stereocenters. The van der Waals surface area contributed by atoms with Crippen LogP contribution in [0.2, 0.25) is 0 Å². The number of piperidine rings is 1. The van der Waals surface area contributed by atoms with Gasteiger partial charge in [0.1, 0.15) is 0 Å².